The van der Waals surface area contributed by atoms with Crippen molar-refractivity contribution in [3.63, 3.8) is 0 Å². The first-order valence-corrected chi connectivity index (χ1v) is 6.90. The molecule has 0 aromatic heterocycles. The lowest BCUT2D eigenvalue weighted by molar-refractivity contribution is -0.113. The van der Waals surface area contributed by atoms with Crippen LogP contribution in [-0.2, 0) is 10.2 Å². The molecule has 0 radical (unpaired) electrons. The molecule has 1 heterocycles. The van der Waals surface area contributed by atoms with Gasteiger partial charge in [-0.25, -0.2) is 0 Å². The number of carbonyl (C=O) groups is 1. The molecule has 1 aromatic rings. The molecule has 0 fully saturated rings. The van der Waals surface area contributed by atoms with Gasteiger partial charge in [-0.05, 0) is 17.7 Å². The molecule has 0 unspecified atom stereocenters. The molecular weight excluding hydrogens is 248 g/mol. The Balaban J connectivity index is 2.24. The van der Waals surface area contributed by atoms with Crippen LogP contribution in [0.3, 0.4) is 0 Å². The maximum atomic E-state index is 11.4. The number of nitrogens with one attached hydrogen (secondary N) is 2. The third kappa shape index (κ3) is 2.85. The predicted octanol–water partition coefficient (Wildman–Crippen LogP) is 1.55. The second-order valence-corrected chi connectivity index (χ2v) is 6.03. The van der Waals surface area contributed by atoms with Crippen LogP contribution in [0.15, 0.2) is 23.1 Å². The zero-order valence-corrected chi connectivity index (χ0v) is 11.4. The minimum absolute atomic E-state index is 0.0268. The van der Waals surface area contributed by atoms with Gasteiger partial charge in [-0.1, -0.05) is 19.9 Å². The summed E-state index contributed by atoms with van der Waals surface area (Å²) < 4.78 is 0. The normalized spacial score (nSPS) is 15.2. The highest BCUT2D eigenvalue weighted by Crippen LogP contribution is 2.35. The minimum Gasteiger partial charge on any atom is -0.381 e. The van der Waals surface area contributed by atoms with Gasteiger partial charge in [0.05, 0.1) is 18.2 Å². The van der Waals surface area contributed by atoms with E-state index in [4.69, 9.17) is 5.11 Å². The molecular formula is C13H18N2O2S. The summed E-state index contributed by atoms with van der Waals surface area (Å²) in [5.41, 5.74) is 1.95. The average molecular weight is 266 g/mol. The van der Waals surface area contributed by atoms with Crippen molar-refractivity contribution >= 4 is 23.4 Å². The van der Waals surface area contributed by atoms with Gasteiger partial charge in [-0.15, -0.1) is 11.8 Å². The molecule has 0 spiro atoms. The number of thioether (sulfide) groups is 1. The van der Waals surface area contributed by atoms with Crippen molar-refractivity contribution in [1.82, 2.24) is 5.32 Å². The molecule has 1 amide bonds. The molecule has 18 heavy (non-hydrogen) atoms. The smallest absolute Gasteiger partial charge is 0.234 e. The number of fused-ring (bicyclic) bond motifs is 1. The zero-order valence-electron chi connectivity index (χ0n) is 10.6. The van der Waals surface area contributed by atoms with Crippen LogP contribution in [0.5, 0.6) is 0 Å². The lowest BCUT2D eigenvalue weighted by Gasteiger charge is -2.27. The SMILES string of the molecule is CC(C)(CNCO)c1ccc2c(c1)NC(=O)CS2. The molecule has 1 aliphatic rings. The Hall–Kier alpha value is -1.04. The van der Waals surface area contributed by atoms with Crippen LogP contribution in [0.25, 0.3) is 0 Å². The highest BCUT2D eigenvalue weighted by atomic mass is 32.2. The van der Waals surface area contributed by atoms with E-state index < -0.39 is 0 Å². The van der Waals surface area contributed by atoms with E-state index in [1.165, 1.54) is 0 Å². The summed E-state index contributed by atoms with van der Waals surface area (Å²) in [6.07, 6.45) is 0. The zero-order chi connectivity index (χ0) is 13.2. The number of anilines is 1. The first-order chi connectivity index (χ1) is 8.53. The van der Waals surface area contributed by atoms with Crippen LogP contribution < -0.4 is 10.6 Å². The van der Waals surface area contributed by atoms with Crippen molar-refractivity contribution in [2.24, 2.45) is 0 Å². The number of rotatable bonds is 4. The summed E-state index contributed by atoms with van der Waals surface area (Å²) >= 11 is 1.57. The van der Waals surface area contributed by atoms with E-state index in [1.54, 1.807) is 11.8 Å². The maximum absolute atomic E-state index is 11.4. The van der Waals surface area contributed by atoms with Crippen molar-refractivity contribution in [3.05, 3.63) is 23.8 Å². The number of benzene rings is 1. The van der Waals surface area contributed by atoms with Crippen LogP contribution in [0, 0.1) is 0 Å². The third-order valence-electron chi connectivity index (χ3n) is 3.07. The second kappa shape index (κ2) is 5.30. The quantitative estimate of drug-likeness (QED) is 0.724. The van der Waals surface area contributed by atoms with Gasteiger partial charge in [0.2, 0.25) is 5.91 Å². The first kappa shape index (κ1) is 13.4. The molecule has 2 rings (SSSR count). The Labute approximate surface area is 111 Å². The molecule has 1 aliphatic heterocycles. The Morgan fingerprint density at radius 2 is 2.28 bits per heavy atom. The minimum atomic E-state index is -0.0927. The summed E-state index contributed by atoms with van der Waals surface area (Å²) in [7, 11) is 0. The monoisotopic (exact) mass is 266 g/mol. The topological polar surface area (TPSA) is 61.4 Å². The van der Waals surface area contributed by atoms with Crippen LogP contribution in [0.2, 0.25) is 0 Å². The van der Waals surface area contributed by atoms with E-state index in [0.29, 0.717) is 12.3 Å². The van der Waals surface area contributed by atoms with E-state index in [0.717, 1.165) is 16.1 Å². The van der Waals surface area contributed by atoms with Crippen LogP contribution in [0.1, 0.15) is 19.4 Å². The number of carbonyl (C=O) groups excluding carboxylic acids is 1. The van der Waals surface area contributed by atoms with Crippen molar-refractivity contribution < 1.29 is 9.90 Å². The fourth-order valence-corrected chi connectivity index (χ4v) is 2.76. The molecule has 3 N–H and O–H groups in total. The van der Waals surface area contributed by atoms with Crippen molar-refractivity contribution in [1.29, 1.82) is 0 Å². The molecule has 0 atom stereocenters. The van der Waals surface area contributed by atoms with E-state index >= 15 is 0 Å². The molecule has 4 nitrogen and oxygen atoms in total. The second-order valence-electron chi connectivity index (χ2n) is 5.02. The van der Waals surface area contributed by atoms with E-state index in [9.17, 15) is 4.79 Å². The largest absolute Gasteiger partial charge is 0.381 e. The third-order valence-corrected chi connectivity index (χ3v) is 4.15. The van der Waals surface area contributed by atoms with E-state index in [-0.39, 0.29) is 18.1 Å². The van der Waals surface area contributed by atoms with Gasteiger partial charge in [0.15, 0.2) is 0 Å². The Kier molecular flexibility index (Phi) is 3.94. The van der Waals surface area contributed by atoms with Gasteiger partial charge >= 0.3 is 0 Å². The van der Waals surface area contributed by atoms with Gasteiger partial charge in [0, 0.05) is 16.9 Å². The number of aliphatic hydroxyl groups excluding tert-OH is 1. The van der Waals surface area contributed by atoms with Crippen LogP contribution >= 0.6 is 11.8 Å². The highest BCUT2D eigenvalue weighted by Gasteiger charge is 2.23. The number of amides is 1. The molecule has 1 aromatic carbocycles. The van der Waals surface area contributed by atoms with Crippen molar-refractivity contribution in [2.75, 3.05) is 24.3 Å². The summed E-state index contributed by atoms with van der Waals surface area (Å²) in [4.78, 5) is 12.5. The summed E-state index contributed by atoms with van der Waals surface area (Å²) in [5.74, 6) is 0.540. The van der Waals surface area contributed by atoms with Crippen molar-refractivity contribution in [3.8, 4) is 0 Å². The summed E-state index contributed by atoms with van der Waals surface area (Å²) in [6.45, 7) is 4.87. The van der Waals surface area contributed by atoms with Gasteiger partial charge in [-0.3, -0.25) is 10.1 Å². The van der Waals surface area contributed by atoms with E-state index in [2.05, 4.69) is 36.6 Å². The standard InChI is InChI=1S/C13H18N2O2S/c1-13(2,7-14-8-16)9-3-4-11-10(5-9)15-12(17)6-18-11/h3-5,14,16H,6-8H2,1-2H3,(H,15,17). The lowest BCUT2D eigenvalue weighted by atomic mass is 9.84. The fourth-order valence-electron chi connectivity index (χ4n) is 1.97. The van der Waals surface area contributed by atoms with Crippen LogP contribution in [-0.4, -0.2) is 30.0 Å². The highest BCUT2D eigenvalue weighted by molar-refractivity contribution is 8.00. The van der Waals surface area contributed by atoms with Gasteiger partial charge in [-0.2, -0.15) is 0 Å². The summed E-state index contributed by atoms with van der Waals surface area (Å²) in [6, 6.07) is 6.16. The van der Waals surface area contributed by atoms with E-state index in [1.807, 2.05) is 6.07 Å². The predicted molar refractivity (Wildman–Crippen MR) is 73.9 cm³/mol. The lowest BCUT2D eigenvalue weighted by Crippen LogP contribution is -2.33. The number of hydrogen-bond donors (Lipinski definition) is 3. The van der Waals surface area contributed by atoms with Crippen molar-refractivity contribution in [2.45, 2.75) is 24.2 Å². The average Bonchev–Trinajstić information content (AvgIpc) is 2.35. The Morgan fingerprint density at radius 3 is 3.00 bits per heavy atom. The number of hydrogen-bond acceptors (Lipinski definition) is 4. The Bertz CT molecular complexity index is 460. The van der Waals surface area contributed by atoms with Gasteiger partial charge < -0.3 is 10.4 Å². The number of aliphatic hydroxyl groups is 1. The molecule has 0 saturated carbocycles. The molecule has 0 saturated heterocycles. The molecule has 5 heteroatoms. The van der Waals surface area contributed by atoms with Gasteiger partial charge in [0.25, 0.3) is 0 Å². The molecule has 0 bridgehead atoms. The Morgan fingerprint density at radius 1 is 1.50 bits per heavy atom. The van der Waals surface area contributed by atoms with Crippen LogP contribution in [0.4, 0.5) is 5.69 Å². The molecule has 98 valence electrons. The summed E-state index contributed by atoms with van der Waals surface area (Å²) in [5, 5.41) is 14.7. The first-order valence-electron chi connectivity index (χ1n) is 5.92. The molecule has 0 aliphatic carbocycles. The van der Waals surface area contributed by atoms with Gasteiger partial charge in [0.1, 0.15) is 0 Å². The fraction of sp³-hybridized carbons (Fsp3) is 0.462. The maximum Gasteiger partial charge on any atom is 0.234 e.